The average molecular weight is 391 g/mol. The summed E-state index contributed by atoms with van der Waals surface area (Å²) < 4.78 is 2.96. The van der Waals surface area contributed by atoms with E-state index in [0.29, 0.717) is 12.2 Å². The zero-order valence-corrected chi connectivity index (χ0v) is 15.5. The number of rotatable bonds is 6. The molecule has 0 atom stereocenters. The van der Waals surface area contributed by atoms with E-state index in [1.165, 1.54) is 5.69 Å². The lowest BCUT2D eigenvalue weighted by Crippen LogP contribution is -2.28. The fraction of sp³-hybridized carbons (Fsp3) is 0.444. The van der Waals surface area contributed by atoms with Gasteiger partial charge in [0.1, 0.15) is 0 Å². The average Bonchev–Trinajstić information content (AvgIpc) is 2.98. The molecule has 0 saturated heterocycles. The van der Waals surface area contributed by atoms with Crippen LogP contribution in [0.3, 0.4) is 0 Å². The van der Waals surface area contributed by atoms with Gasteiger partial charge in [-0.3, -0.25) is 4.79 Å². The fourth-order valence-electron chi connectivity index (χ4n) is 3.15. The number of benzene rings is 1. The molecule has 0 bridgehead atoms. The first kappa shape index (κ1) is 17.2. The summed E-state index contributed by atoms with van der Waals surface area (Å²) >= 11 is 3.51. The summed E-state index contributed by atoms with van der Waals surface area (Å²) in [5, 5.41) is 10.8. The lowest BCUT2D eigenvalue weighted by Gasteiger charge is -2.14. The second kappa shape index (κ2) is 7.94. The highest BCUT2D eigenvalue weighted by Crippen LogP contribution is 2.27. The number of nitrogens with zero attached hydrogens (tertiary/aromatic N) is 2. The highest BCUT2D eigenvalue weighted by Gasteiger charge is 2.25. The van der Waals surface area contributed by atoms with Crippen molar-refractivity contribution in [3.05, 3.63) is 45.7 Å². The van der Waals surface area contributed by atoms with Gasteiger partial charge in [-0.1, -0.05) is 22.0 Å². The summed E-state index contributed by atoms with van der Waals surface area (Å²) in [6, 6.07) is 8.06. The van der Waals surface area contributed by atoms with E-state index in [9.17, 15) is 4.79 Å². The SMILES string of the molecule is CNCCCNC(=O)c1nn(-c2cccc(Br)c2)c2c1CCCC2. The van der Waals surface area contributed by atoms with Crippen LogP contribution in [-0.4, -0.2) is 35.8 Å². The smallest absolute Gasteiger partial charge is 0.272 e. The lowest BCUT2D eigenvalue weighted by atomic mass is 9.95. The normalized spacial score (nSPS) is 13.6. The maximum atomic E-state index is 12.6. The number of carbonyl (C=O) groups excluding carboxylic acids is 1. The molecular formula is C18H23BrN4O. The van der Waals surface area contributed by atoms with Crippen LogP contribution in [0.5, 0.6) is 0 Å². The molecule has 0 spiro atoms. The van der Waals surface area contributed by atoms with Crippen LogP contribution in [-0.2, 0) is 12.8 Å². The lowest BCUT2D eigenvalue weighted by molar-refractivity contribution is 0.0947. The number of hydrogen-bond donors (Lipinski definition) is 2. The Hall–Kier alpha value is -1.66. The Morgan fingerprint density at radius 1 is 1.29 bits per heavy atom. The van der Waals surface area contributed by atoms with Crippen molar-refractivity contribution < 1.29 is 4.79 Å². The first-order valence-electron chi connectivity index (χ1n) is 8.50. The summed E-state index contributed by atoms with van der Waals surface area (Å²) in [4.78, 5) is 12.6. The number of hydrogen-bond acceptors (Lipinski definition) is 3. The molecule has 0 aliphatic heterocycles. The minimum absolute atomic E-state index is 0.0574. The molecule has 0 fully saturated rings. The number of fused-ring (bicyclic) bond motifs is 1. The van der Waals surface area contributed by atoms with Crippen LogP contribution in [0.2, 0.25) is 0 Å². The number of nitrogens with one attached hydrogen (secondary N) is 2. The first-order chi connectivity index (χ1) is 11.7. The molecule has 1 aliphatic rings. The fourth-order valence-corrected chi connectivity index (χ4v) is 3.54. The molecule has 3 rings (SSSR count). The highest BCUT2D eigenvalue weighted by atomic mass is 79.9. The van der Waals surface area contributed by atoms with Gasteiger partial charge in [-0.2, -0.15) is 5.10 Å². The molecule has 0 radical (unpaired) electrons. The third-order valence-electron chi connectivity index (χ3n) is 4.34. The van der Waals surface area contributed by atoms with E-state index in [-0.39, 0.29) is 5.91 Å². The Morgan fingerprint density at radius 2 is 2.12 bits per heavy atom. The molecule has 1 aromatic carbocycles. The molecule has 1 amide bonds. The van der Waals surface area contributed by atoms with Crippen molar-refractivity contribution in [1.29, 1.82) is 0 Å². The van der Waals surface area contributed by atoms with Gasteiger partial charge in [0.15, 0.2) is 5.69 Å². The Labute approximate surface area is 151 Å². The van der Waals surface area contributed by atoms with Crippen LogP contribution in [0.25, 0.3) is 5.69 Å². The standard InChI is InChI=1S/C18H23BrN4O/c1-20-10-5-11-21-18(24)17-15-8-2-3-9-16(15)23(22-17)14-7-4-6-13(19)12-14/h4,6-7,12,20H,2-3,5,8-11H2,1H3,(H,21,24). The molecule has 128 valence electrons. The quantitative estimate of drug-likeness (QED) is 0.745. The van der Waals surface area contributed by atoms with Crippen LogP contribution in [0, 0.1) is 0 Å². The van der Waals surface area contributed by atoms with E-state index < -0.39 is 0 Å². The Kier molecular flexibility index (Phi) is 5.68. The summed E-state index contributed by atoms with van der Waals surface area (Å²) in [6.45, 7) is 1.56. The van der Waals surface area contributed by atoms with Crippen LogP contribution in [0.1, 0.15) is 41.0 Å². The maximum absolute atomic E-state index is 12.6. The molecule has 1 aromatic heterocycles. The second-order valence-corrected chi connectivity index (χ2v) is 7.00. The van der Waals surface area contributed by atoms with E-state index in [1.54, 1.807) is 0 Å². The van der Waals surface area contributed by atoms with E-state index in [0.717, 1.165) is 54.4 Å². The van der Waals surface area contributed by atoms with Crippen molar-refractivity contribution in [3.8, 4) is 5.69 Å². The van der Waals surface area contributed by atoms with E-state index in [1.807, 2.05) is 36.0 Å². The van der Waals surface area contributed by atoms with Crippen LogP contribution >= 0.6 is 15.9 Å². The molecule has 1 heterocycles. The van der Waals surface area contributed by atoms with Gasteiger partial charge in [0.25, 0.3) is 5.91 Å². The predicted molar refractivity (Wildman–Crippen MR) is 98.8 cm³/mol. The molecule has 24 heavy (non-hydrogen) atoms. The van der Waals surface area contributed by atoms with Crippen molar-refractivity contribution in [2.75, 3.05) is 20.1 Å². The Morgan fingerprint density at radius 3 is 2.92 bits per heavy atom. The zero-order chi connectivity index (χ0) is 16.9. The topological polar surface area (TPSA) is 58.9 Å². The summed E-state index contributed by atoms with van der Waals surface area (Å²) in [6.07, 6.45) is 5.09. The minimum Gasteiger partial charge on any atom is -0.351 e. The summed E-state index contributed by atoms with van der Waals surface area (Å²) in [7, 11) is 1.91. The monoisotopic (exact) mass is 390 g/mol. The van der Waals surface area contributed by atoms with Crippen LogP contribution in [0.15, 0.2) is 28.7 Å². The molecule has 1 aliphatic carbocycles. The van der Waals surface area contributed by atoms with Gasteiger partial charge in [-0.25, -0.2) is 4.68 Å². The van der Waals surface area contributed by atoms with Crippen LogP contribution < -0.4 is 10.6 Å². The minimum atomic E-state index is -0.0574. The van der Waals surface area contributed by atoms with Gasteiger partial charge >= 0.3 is 0 Å². The Bertz CT molecular complexity index is 726. The summed E-state index contributed by atoms with van der Waals surface area (Å²) in [5.74, 6) is -0.0574. The molecular weight excluding hydrogens is 368 g/mol. The molecule has 2 N–H and O–H groups in total. The summed E-state index contributed by atoms with van der Waals surface area (Å²) in [5.41, 5.74) is 3.89. The predicted octanol–water partition coefficient (Wildman–Crippen LogP) is 2.85. The van der Waals surface area contributed by atoms with Gasteiger partial charge in [0.05, 0.1) is 5.69 Å². The number of carbonyl (C=O) groups is 1. The molecule has 5 nitrogen and oxygen atoms in total. The maximum Gasteiger partial charge on any atom is 0.272 e. The van der Waals surface area contributed by atoms with Gasteiger partial charge < -0.3 is 10.6 Å². The van der Waals surface area contributed by atoms with E-state index >= 15 is 0 Å². The van der Waals surface area contributed by atoms with E-state index in [2.05, 4.69) is 31.7 Å². The van der Waals surface area contributed by atoms with Gasteiger partial charge in [0.2, 0.25) is 0 Å². The van der Waals surface area contributed by atoms with Crippen molar-refractivity contribution >= 4 is 21.8 Å². The van der Waals surface area contributed by atoms with Gasteiger partial charge in [-0.15, -0.1) is 0 Å². The molecule has 2 aromatic rings. The van der Waals surface area contributed by atoms with Crippen molar-refractivity contribution in [2.45, 2.75) is 32.1 Å². The van der Waals surface area contributed by atoms with E-state index in [4.69, 9.17) is 0 Å². The molecule has 0 unspecified atom stereocenters. The first-order valence-corrected chi connectivity index (χ1v) is 9.29. The van der Waals surface area contributed by atoms with Crippen LogP contribution in [0.4, 0.5) is 0 Å². The third-order valence-corrected chi connectivity index (χ3v) is 4.83. The number of aromatic nitrogens is 2. The Balaban J connectivity index is 1.89. The van der Waals surface area contributed by atoms with Gasteiger partial charge in [0, 0.05) is 22.3 Å². The zero-order valence-electron chi connectivity index (χ0n) is 13.9. The largest absolute Gasteiger partial charge is 0.351 e. The van der Waals surface area contributed by atoms with Gasteiger partial charge in [-0.05, 0) is 63.9 Å². The third kappa shape index (κ3) is 3.70. The highest BCUT2D eigenvalue weighted by molar-refractivity contribution is 9.10. The van der Waals surface area contributed by atoms with Crippen molar-refractivity contribution in [1.82, 2.24) is 20.4 Å². The molecule has 0 saturated carbocycles. The van der Waals surface area contributed by atoms with Crippen molar-refractivity contribution in [2.24, 2.45) is 0 Å². The molecule has 6 heteroatoms. The van der Waals surface area contributed by atoms with Crippen molar-refractivity contribution in [3.63, 3.8) is 0 Å². The second-order valence-electron chi connectivity index (χ2n) is 6.09. The number of halogens is 1. The number of amides is 1.